The van der Waals surface area contributed by atoms with Gasteiger partial charge in [-0.1, -0.05) is 31.4 Å². The van der Waals surface area contributed by atoms with Crippen LogP contribution >= 0.6 is 0 Å². The number of hydrogen-bond donors (Lipinski definition) is 1. The highest BCUT2D eigenvalue weighted by Gasteiger charge is 2.21. The Morgan fingerprint density at radius 1 is 1.33 bits per heavy atom. The fourth-order valence-corrected chi connectivity index (χ4v) is 2.72. The lowest BCUT2D eigenvalue weighted by Crippen LogP contribution is -2.38. The molecule has 0 radical (unpaired) electrons. The monoisotopic (exact) mass is 294 g/mol. The van der Waals surface area contributed by atoms with Crippen molar-refractivity contribution >= 4 is 11.9 Å². The molecule has 1 saturated carbocycles. The van der Waals surface area contributed by atoms with Gasteiger partial charge in [0, 0.05) is 6.04 Å². The molecule has 0 bridgehead atoms. The van der Waals surface area contributed by atoms with Crippen LogP contribution in [0.4, 0.5) is 0 Å². The van der Waals surface area contributed by atoms with Crippen molar-refractivity contribution in [3.63, 3.8) is 0 Å². The number of rotatable bonds is 5. The summed E-state index contributed by atoms with van der Waals surface area (Å²) in [6, 6.07) is 0.264. The number of methoxy groups -OCH3 is 1. The number of esters is 1. The average Bonchev–Trinajstić information content (AvgIpc) is 2.89. The summed E-state index contributed by atoms with van der Waals surface area (Å²) < 4.78 is 6.14. The Labute approximate surface area is 124 Å². The largest absolute Gasteiger partial charge is 0.464 e. The summed E-state index contributed by atoms with van der Waals surface area (Å²) in [6.07, 6.45) is 6.22. The molecule has 0 saturated heterocycles. The standard InChI is InChI=1S/C14H22N4O3/c1-3-11-13(14(20)21-2)16-17-18(11)9-12(19)15-10-7-5-4-6-8-10/h10H,3-9H2,1-2H3,(H,15,19). The molecule has 21 heavy (non-hydrogen) atoms. The number of carbonyl (C=O) groups is 2. The zero-order valence-electron chi connectivity index (χ0n) is 12.6. The summed E-state index contributed by atoms with van der Waals surface area (Å²) in [7, 11) is 1.30. The Bertz CT molecular complexity index is 506. The molecule has 0 aliphatic heterocycles. The molecule has 0 aromatic carbocycles. The van der Waals surface area contributed by atoms with Crippen LogP contribution in [0.5, 0.6) is 0 Å². The molecule has 0 atom stereocenters. The molecule has 1 aromatic rings. The summed E-state index contributed by atoms with van der Waals surface area (Å²) >= 11 is 0. The molecular formula is C14H22N4O3. The molecule has 0 unspecified atom stereocenters. The predicted molar refractivity (Wildman–Crippen MR) is 75.8 cm³/mol. The van der Waals surface area contributed by atoms with Gasteiger partial charge in [-0.15, -0.1) is 5.10 Å². The SMILES string of the molecule is CCc1c(C(=O)OC)nnn1CC(=O)NC1CCCCC1. The number of hydrogen-bond acceptors (Lipinski definition) is 5. The molecule has 1 N–H and O–H groups in total. The predicted octanol–water partition coefficient (Wildman–Crippen LogP) is 1.08. The van der Waals surface area contributed by atoms with Gasteiger partial charge in [-0.2, -0.15) is 0 Å². The van der Waals surface area contributed by atoms with Gasteiger partial charge >= 0.3 is 5.97 Å². The second-order valence-corrected chi connectivity index (χ2v) is 5.29. The van der Waals surface area contributed by atoms with Gasteiger partial charge in [0.1, 0.15) is 6.54 Å². The molecule has 1 amide bonds. The van der Waals surface area contributed by atoms with Crippen LogP contribution in [0.2, 0.25) is 0 Å². The van der Waals surface area contributed by atoms with Crippen molar-refractivity contribution in [2.75, 3.05) is 7.11 Å². The van der Waals surface area contributed by atoms with Gasteiger partial charge in [0.15, 0.2) is 5.69 Å². The zero-order valence-corrected chi connectivity index (χ0v) is 12.6. The Kier molecular flexibility index (Phi) is 5.30. The van der Waals surface area contributed by atoms with Gasteiger partial charge in [0.25, 0.3) is 0 Å². The van der Waals surface area contributed by atoms with E-state index in [4.69, 9.17) is 0 Å². The van der Waals surface area contributed by atoms with Gasteiger partial charge in [-0.3, -0.25) is 4.79 Å². The topological polar surface area (TPSA) is 86.1 Å². The van der Waals surface area contributed by atoms with Gasteiger partial charge in [-0.25, -0.2) is 9.48 Å². The van der Waals surface area contributed by atoms with E-state index in [1.165, 1.54) is 31.1 Å². The second-order valence-electron chi connectivity index (χ2n) is 5.29. The van der Waals surface area contributed by atoms with Gasteiger partial charge < -0.3 is 10.1 Å². The molecule has 1 aromatic heterocycles. The number of ether oxygens (including phenoxy) is 1. The molecular weight excluding hydrogens is 272 g/mol. The fourth-order valence-electron chi connectivity index (χ4n) is 2.72. The first-order valence-electron chi connectivity index (χ1n) is 7.45. The lowest BCUT2D eigenvalue weighted by Gasteiger charge is -2.22. The molecule has 1 heterocycles. The van der Waals surface area contributed by atoms with Crippen LogP contribution in [0.25, 0.3) is 0 Å². The van der Waals surface area contributed by atoms with Crippen molar-refractivity contribution in [3.8, 4) is 0 Å². The van der Waals surface area contributed by atoms with Crippen LogP contribution < -0.4 is 5.32 Å². The molecule has 1 aliphatic rings. The Balaban J connectivity index is 2.00. The molecule has 7 nitrogen and oxygen atoms in total. The third kappa shape index (κ3) is 3.80. The average molecular weight is 294 g/mol. The molecule has 0 spiro atoms. The third-order valence-corrected chi connectivity index (χ3v) is 3.81. The minimum atomic E-state index is -0.522. The van der Waals surface area contributed by atoms with Crippen molar-refractivity contribution in [1.82, 2.24) is 20.3 Å². The van der Waals surface area contributed by atoms with Gasteiger partial charge in [0.2, 0.25) is 5.91 Å². The third-order valence-electron chi connectivity index (χ3n) is 3.81. The maximum atomic E-state index is 12.1. The number of amides is 1. The molecule has 7 heteroatoms. The van der Waals surface area contributed by atoms with E-state index in [1.807, 2.05) is 6.92 Å². The molecule has 2 rings (SSSR count). The summed E-state index contributed by atoms with van der Waals surface area (Å²) in [5.41, 5.74) is 0.811. The second kappa shape index (κ2) is 7.19. The van der Waals surface area contributed by atoms with E-state index in [-0.39, 0.29) is 24.2 Å². The van der Waals surface area contributed by atoms with E-state index in [1.54, 1.807) is 0 Å². The summed E-state index contributed by atoms with van der Waals surface area (Å²) in [5.74, 6) is -0.608. The zero-order chi connectivity index (χ0) is 15.2. The van der Waals surface area contributed by atoms with Crippen LogP contribution in [0, 0.1) is 0 Å². The Morgan fingerprint density at radius 2 is 2.05 bits per heavy atom. The summed E-state index contributed by atoms with van der Waals surface area (Å²) in [5, 5.41) is 10.7. The first kappa shape index (κ1) is 15.5. The van der Waals surface area contributed by atoms with Crippen LogP contribution in [0.15, 0.2) is 0 Å². The van der Waals surface area contributed by atoms with E-state index in [0.29, 0.717) is 12.1 Å². The minimum Gasteiger partial charge on any atom is -0.464 e. The van der Waals surface area contributed by atoms with Crippen molar-refractivity contribution in [1.29, 1.82) is 0 Å². The summed E-state index contributed by atoms with van der Waals surface area (Å²) in [6.45, 7) is 1.98. The lowest BCUT2D eigenvalue weighted by molar-refractivity contribution is -0.122. The quantitative estimate of drug-likeness (QED) is 0.821. The van der Waals surface area contributed by atoms with Crippen molar-refractivity contribution in [3.05, 3.63) is 11.4 Å². The maximum Gasteiger partial charge on any atom is 0.360 e. The normalized spacial score (nSPS) is 15.7. The first-order valence-corrected chi connectivity index (χ1v) is 7.45. The highest BCUT2D eigenvalue weighted by atomic mass is 16.5. The Hall–Kier alpha value is -1.92. The van der Waals surface area contributed by atoms with Crippen LogP contribution in [-0.4, -0.2) is 40.0 Å². The fraction of sp³-hybridized carbons (Fsp3) is 0.714. The Morgan fingerprint density at radius 3 is 2.67 bits per heavy atom. The van der Waals surface area contributed by atoms with Crippen LogP contribution in [-0.2, 0) is 22.5 Å². The lowest BCUT2D eigenvalue weighted by atomic mass is 9.95. The number of aromatic nitrogens is 3. The maximum absolute atomic E-state index is 12.1. The van der Waals surface area contributed by atoms with Crippen LogP contribution in [0.1, 0.15) is 55.2 Å². The smallest absolute Gasteiger partial charge is 0.360 e. The minimum absolute atomic E-state index is 0.0853. The van der Waals surface area contributed by atoms with Crippen molar-refractivity contribution in [2.45, 2.75) is 58.0 Å². The number of nitrogens with zero attached hydrogens (tertiary/aromatic N) is 3. The van der Waals surface area contributed by atoms with Crippen molar-refractivity contribution in [2.24, 2.45) is 0 Å². The highest BCUT2D eigenvalue weighted by Crippen LogP contribution is 2.17. The highest BCUT2D eigenvalue weighted by molar-refractivity contribution is 5.88. The van der Waals surface area contributed by atoms with E-state index in [0.717, 1.165) is 12.8 Å². The van der Waals surface area contributed by atoms with Crippen molar-refractivity contribution < 1.29 is 14.3 Å². The van der Waals surface area contributed by atoms with E-state index in [2.05, 4.69) is 20.4 Å². The van der Waals surface area contributed by atoms with Gasteiger partial charge in [-0.05, 0) is 19.3 Å². The molecule has 1 aliphatic carbocycles. The number of carbonyl (C=O) groups excluding carboxylic acids is 2. The summed E-state index contributed by atoms with van der Waals surface area (Å²) in [4.78, 5) is 23.7. The molecule has 116 valence electrons. The van der Waals surface area contributed by atoms with Gasteiger partial charge in [0.05, 0.1) is 12.8 Å². The number of nitrogens with one attached hydrogen (secondary N) is 1. The van der Waals surface area contributed by atoms with Crippen LogP contribution in [0.3, 0.4) is 0 Å². The first-order chi connectivity index (χ1) is 10.2. The van der Waals surface area contributed by atoms with E-state index in [9.17, 15) is 9.59 Å². The van der Waals surface area contributed by atoms with E-state index < -0.39 is 5.97 Å². The molecule has 1 fully saturated rings. The van der Waals surface area contributed by atoms with E-state index >= 15 is 0 Å².